The standard InChI is InChI=1S/C28H26N4O3S/c1-3-17-32-26(25-18-34-23-15-9-10-16-24(23)35-25)30-31-28(32)36-19(2)27(33)29-22-14-8-7-13-21(22)20-11-5-4-6-12-20/h3-16,19,25H,1,17-18H2,2H3,(H,29,33)/t19-,25-/m0/s1. The van der Waals surface area contributed by atoms with Crippen LogP contribution in [0.1, 0.15) is 18.9 Å². The minimum Gasteiger partial charge on any atom is -0.485 e. The van der Waals surface area contributed by atoms with E-state index in [0.717, 1.165) is 16.8 Å². The summed E-state index contributed by atoms with van der Waals surface area (Å²) < 4.78 is 13.9. The van der Waals surface area contributed by atoms with E-state index in [-0.39, 0.29) is 5.91 Å². The summed E-state index contributed by atoms with van der Waals surface area (Å²) in [6, 6.07) is 25.3. The fraction of sp³-hybridized carbons (Fsp3) is 0.179. The summed E-state index contributed by atoms with van der Waals surface area (Å²) in [5, 5.41) is 12.0. The third-order valence-corrected chi connectivity index (χ3v) is 6.86. The van der Waals surface area contributed by atoms with Crippen LogP contribution in [-0.4, -0.2) is 32.5 Å². The molecule has 1 N–H and O–H groups in total. The lowest BCUT2D eigenvalue weighted by Crippen LogP contribution is -2.25. The molecule has 5 rings (SSSR count). The van der Waals surface area contributed by atoms with Crippen molar-refractivity contribution in [3.8, 4) is 22.6 Å². The van der Waals surface area contributed by atoms with Gasteiger partial charge < -0.3 is 14.8 Å². The maximum absolute atomic E-state index is 13.2. The zero-order valence-electron chi connectivity index (χ0n) is 19.8. The van der Waals surface area contributed by atoms with E-state index in [0.29, 0.717) is 35.6 Å². The SMILES string of the molecule is C=CCn1c(S[C@@H](C)C(=O)Nc2ccccc2-c2ccccc2)nnc1[C@@H]1COc2ccccc2O1. The number of fused-ring (bicyclic) bond motifs is 1. The van der Waals surface area contributed by atoms with Gasteiger partial charge in [-0.15, -0.1) is 16.8 Å². The summed E-state index contributed by atoms with van der Waals surface area (Å²) >= 11 is 1.34. The quantitative estimate of drug-likeness (QED) is 0.246. The molecule has 1 amide bonds. The minimum absolute atomic E-state index is 0.121. The van der Waals surface area contributed by atoms with E-state index >= 15 is 0 Å². The van der Waals surface area contributed by atoms with Crippen molar-refractivity contribution in [1.82, 2.24) is 14.8 Å². The molecule has 2 heterocycles. The molecule has 7 nitrogen and oxygen atoms in total. The van der Waals surface area contributed by atoms with Crippen LogP contribution in [0, 0.1) is 0 Å². The van der Waals surface area contributed by atoms with Crippen molar-refractivity contribution in [2.24, 2.45) is 0 Å². The van der Waals surface area contributed by atoms with Crippen molar-refractivity contribution in [1.29, 1.82) is 0 Å². The van der Waals surface area contributed by atoms with Crippen LogP contribution in [0.25, 0.3) is 11.1 Å². The van der Waals surface area contributed by atoms with Crippen molar-refractivity contribution in [2.75, 3.05) is 11.9 Å². The molecule has 0 fully saturated rings. The fourth-order valence-electron chi connectivity index (χ4n) is 3.98. The molecule has 1 aliphatic heterocycles. The average molecular weight is 499 g/mol. The maximum atomic E-state index is 13.2. The topological polar surface area (TPSA) is 78.3 Å². The molecule has 36 heavy (non-hydrogen) atoms. The second-order valence-electron chi connectivity index (χ2n) is 8.27. The van der Waals surface area contributed by atoms with Crippen LogP contribution in [0.2, 0.25) is 0 Å². The Labute approximate surface area is 214 Å². The van der Waals surface area contributed by atoms with Crippen molar-refractivity contribution in [3.63, 3.8) is 0 Å². The van der Waals surface area contributed by atoms with E-state index in [1.165, 1.54) is 11.8 Å². The molecule has 4 aromatic rings. The molecule has 2 atom stereocenters. The number of amides is 1. The first kappa shape index (κ1) is 23.7. The van der Waals surface area contributed by atoms with Gasteiger partial charge in [0.25, 0.3) is 0 Å². The Morgan fingerprint density at radius 3 is 2.61 bits per heavy atom. The van der Waals surface area contributed by atoms with Gasteiger partial charge in [-0.25, -0.2) is 0 Å². The van der Waals surface area contributed by atoms with Crippen molar-refractivity contribution >= 4 is 23.4 Å². The number of hydrogen-bond donors (Lipinski definition) is 1. The van der Waals surface area contributed by atoms with Crippen LogP contribution in [0.15, 0.2) is 96.7 Å². The molecule has 3 aromatic carbocycles. The van der Waals surface area contributed by atoms with Gasteiger partial charge in [0.1, 0.15) is 6.61 Å². The van der Waals surface area contributed by atoms with Crippen molar-refractivity contribution < 1.29 is 14.3 Å². The number of carbonyl (C=O) groups excluding carboxylic acids is 1. The number of anilines is 1. The Morgan fingerprint density at radius 1 is 1.08 bits per heavy atom. The number of aromatic nitrogens is 3. The number of benzene rings is 3. The summed E-state index contributed by atoms with van der Waals surface area (Å²) in [6.07, 6.45) is 1.36. The van der Waals surface area contributed by atoms with Gasteiger partial charge in [-0.05, 0) is 30.7 Å². The molecule has 8 heteroatoms. The van der Waals surface area contributed by atoms with Gasteiger partial charge in [0.2, 0.25) is 5.91 Å². The van der Waals surface area contributed by atoms with Gasteiger partial charge in [0.15, 0.2) is 28.6 Å². The molecule has 1 aliphatic rings. The predicted molar refractivity (Wildman–Crippen MR) is 141 cm³/mol. The first-order valence-electron chi connectivity index (χ1n) is 11.7. The lowest BCUT2D eigenvalue weighted by Gasteiger charge is -2.26. The van der Waals surface area contributed by atoms with E-state index in [9.17, 15) is 4.79 Å². The Bertz CT molecular complexity index is 1370. The summed E-state index contributed by atoms with van der Waals surface area (Å²) in [5.74, 6) is 1.89. The largest absolute Gasteiger partial charge is 0.485 e. The smallest absolute Gasteiger partial charge is 0.237 e. The highest BCUT2D eigenvalue weighted by Gasteiger charge is 2.29. The number of allylic oxidation sites excluding steroid dienone is 1. The predicted octanol–water partition coefficient (Wildman–Crippen LogP) is 5.76. The Balaban J connectivity index is 1.32. The number of carbonyl (C=O) groups is 1. The fourth-order valence-corrected chi connectivity index (χ4v) is 4.85. The van der Waals surface area contributed by atoms with E-state index in [1.807, 2.05) is 90.4 Å². The second-order valence-corrected chi connectivity index (χ2v) is 9.57. The summed E-state index contributed by atoms with van der Waals surface area (Å²) in [5.41, 5.74) is 2.77. The first-order valence-corrected chi connectivity index (χ1v) is 12.6. The molecule has 0 bridgehead atoms. The highest BCUT2D eigenvalue weighted by molar-refractivity contribution is 8.00. The average Bonchev–Trinajstić information content (AvgIpc) is 3.31. The van der Waals surface area contributed by atoms with E-state index in [1.54, 1.807) is 6.08 Å². The molecule has 0 unspecified atom stereocenters. The summed E-state index contributed by atoms with van der Waals surface area (Å²) in [6.45, 7) is 6.53. The normalized spacial score (nSPS) is 15.2. The molecular weight excluding hydrogens is 472 g/mol. The van der Waals surface area contributed by atoms with E-state index < -0.39 is 11.4 Å². The first-order chi connectivity index (χ1) is 17.6. The number of para-hydroxylation sites is 3. The van der Waals surface area contributed by atoms with Crippen LogP contribution in [0.4, 0.5) is 5.69 Å². The maximum Gasteiger partial charge on any atom is 0.237 e. The minimum atomic E-state index is -0.418. The van der Waals surface area contributed by atoms with Crippen LogP contribution >= 0.6 is 11.8 Å². The molecule has 0 spiro atoms. The number of rotatable bonds is 8. The third kappa shape index (κ3) is 4.99. The van der Waals surface area contributed by atoms with Crippen LogP contribution in [0.5, 0.6) is 11.5 Å². The summed E-state index contributed by atoms with van der Waals surface area (Å²) in [7, 11) is 0. The number of thioether (sulfide) groups is 1. The number of nitrogens with zero attached hydrogens (tertiary/aromatic N) is 3. The molecule has 0 radical (unpaired) electrons. The zero-order chi connectivity index (χ0) is 24.9. The number of ether oxygens (including phenoxy) is 2. The van der Waals surface area contributed by atoms with Gasteiger partial charge in [-0.2, -0.15) is 0 Å². The van der Waals surface area contributed by atoms with Crippen molar-refractivity contribution in [3.05, 3.63) is 97.3 Å². The van der Waals surface area contributed by atoms with Gasteiger partial charge in [0, 0.05) is 17.8 Å². The molecule has 1 aromatic heterocycles. The Kier molecular flexibility index (Phi) is 7.04. The molecule has 0 saturated heterocycles. The van der Waals surface area contributed by atoms with Gasteiger partial charge in [-0.1, -0.05) is 78.5 Å². The van der Waals surface area contributed by atoms with Crippen LogP contribution < -0.4 is 14.8 Å². The summed E-state index contributed by atoms with van der Waals surface area (Å²) in [4.78, 5) is 13.2. The van der Waals surface area contributed by atoms with Crippen molar-refractivity contribution in [2.45, 2.75) is 30.0 Å². The number of nitrogens with one attached hydrogen (secondary N) is 1. The molecule has 0 saturated carbocycles. The van der Waals surface area contributed by atoms with Gasteiger partial charge in [-0.3, -0.25) is 9.36 Å². The van der Waals surface area contributed by atoms with Gasteiger partial charge >= 0.3 is 0 Å². The second kappa shape index (κ2) is 10.7. The van der Waals surface area contributed by atoms with Crippen LogP contribution in [0.3, 0.4) is 0 Å². The Morgan fingerprint density at radius 2 is 1.81 bits per heavy atom. The molecule has 182 valence electrons. The zero-order valence-corrected chi connectivity index (χ0v) is 20.7. The third-order valence-electron chi connectivity index (χ3n) is 5.77. The highest BCUT2D eigenvalue weighted by atomic mass is 32.2. The molecular formula is C28H26N4O3S. The van der Waals surface area contributed by atoms with Gasteiger partial charge in [0.05, 0.1) is 5.25 Å². The highest BCUT2D eigenvalue weighted by Crippen LogP contribution is 2.36. The monoisotopic (exact) mass is 498 g/mol. The number of hydrogen-bond acceptors (Lipinski definition) is 6. The lowest BCUT2D eigenvalue weighted by atomic mass is 10.0. The van der Waals surface area contributed by atoms with E-state index in [4.69, 9.17) is 9.47 Å². The molecule has 0 aliphatic carbocycles. The van der Waals surface area contributed by atoms with E-state index in [2.05, 4.69) is 22.1 Å². The Hall–Kier alpha value is -4.04. The lowest BCUT2D eigenvalue weighted by molar-refractivity contribution is -0.115. The van der Waals surface area contributed by atoms with Crippen LogP contribution in [-0.2, 0) is 11.3 Å².